The Morgan fingerprint density at radius 2 is 1.67 bits per heavy atom. The van der Waals surface area contributed by atoms with Crippen molar-refractivity contribution < 1.29 is 19.1 Å². The van der Waals surface area contributed by atoms with E-state index in [1.807, 2.05) is 19.1 Å². The zero-order chi connectivity index (χ0) is 19.5. The van der Waals surface area contributed by atoms with E-state index in [4.69, 9.17) is 9.47 Å². The van der Waals surface area contributed by atoms with Crippen molar-refractivity contribution in [2.45, 2.75) is 6.92 Å². The summed E-state index contributed by atoms with van der Waals surface area (Å²) in [4.78, 5) is 23.9. The Morgan fingerprint density at radius 3 is 2.37 bits per heavy atom. The molecule has 0 aliphatic rings. The average Bonchev–Trinajstić information content (AvgIpc) is 2.67. The van der Waals surface area contributed by atoms with Gasteiger partial charge in [-0.3, -0.25) is 9.59 Å². The van der Waals surface area contributed by atoms with Crippen LogP contribution in [-0.2, 0) is 9.59 Å². The van der Waals surface area contributed by atoms with Gasteiger partial charge in [0.2, 0.25) is 5.91 Å². The normalized spacial score (nSPS) is 10.7. The Labute approximate surface area is 158 Å². The first-order valence-electron chi connectivity index (χ1n) is 8.38. The molecule has 140 valence electrons. The number of hydrogen-bond acceptors (Lipinski definition) is 4. The predicted molar refractivity (Wildman–Crippen MR) is 106 cm³/mol. The summed E-state index contributed by atoms with van der Waals surface area (Å²) in [6, 6.07) is 14.0. The zero-order valence-electron chi connectivity index (χ0n) is 15.3. The van der Waals surface area contributed by atoms with Gasteiger partial charge < -0.3 is 20.1 Å². The topological polar surface area (TPSA) is 76.7 Å². The fraction of sp³-hybridized carbons (Fsp3) is 0.143. The molecule has 0 fully saturated rings. The van der Waals surface area contributed by atoms with Gasteiger partial charge in [0.15, 0.2) is 18.1 Å². The number of hydrogen-bond donors (Lipinski definition) is 2. The second-order valence-electron chi connectivity index (χ2n) is 5.44. The summed E-state index contributed by atoms with van der Waals surface area (Å²) < 4.78 is 10.7. The number of carbonyl (C=O) groups excluding carboxylic acids is 2. The second kappa shape index (κ2) is 10.5. The molecule has 0 bridgehead atoms. The van der Waals surface area contributed by atoms with E-state index in [0.717, 1.165) is 0 Å². The molecule has 2 amide bonds. The van der Waals surface area contributed by atoms with E-state index in [1.165, 1.54) is 13.2 Å². The lowest BCUT2D eigenvalue weighted by Crippen LogP contribution is -2.20. The van der Waals surface area contributed by atoms with E-state index in [1.54, 1.807) is 54.6 Å². The number of amides is 2. The zero-order valence-corrected chi connectivity index (χ0v) is 15.3. The molecule has 27 heavy (non-hydrogen) atoms. The molecule has 2 aromatic rings. The minimum absolute atomic E-state index is 0.164. The van der Waals surface area contributed by atoms with Crippen molar-refractivity contribution in [3.8, 4) is 11.5 Å². The summed E-state index contributed by atoms with van der Waals surface area (Å²) in [6.07, 6.45) is 6.66. The van der Waals surface area contributed by atoms with Crippen molar-refractivity contribution in [3.05, 3.63) is 72.8 Å². The van der Waals surface area contributed by atoms with Gasteiger partial charge in [-0.05, 0) is 37.3 Å². The summed E-state index contributed by atoms with van der Waals surface area (Å²) in [7, 11) is 1.54. The van der Waals surface area contributed by atoms with Crippen LogP contribution in [0.25, 0.3) is 0 Å². The number of carbonyl (C=O) groups is 2. The largest absolute Gasteiger partial charge is 0.493 e. The predicted octanol–water partition coefficient (Wildman–Crippen LogP) is 3.78. The third-order valence-corrected chi connectivity index (χ3v) is 3.39. The summed E-state index contributed by atoms with van der Waals surface area (Å²) >= 11 is 0. The van der Waals surface area contributed by atoms with E-state index in [2.05, 4.69) is 10.6 Å². The van der Waals surface area contributed by atoms with Gasteiger partial charge in [0.25, 0.3) is 5.91 Å². The highest BCUT2D eigenvalue weighted by molar-refractivity contribution is 6.00. The summed E-state index contributed by atoms with van der Waals surface area (Å²) in [5.41, 5.74) is 1.13. The molecular weight excluding hydrogens is 344 g/mol. The van der Waals surface area contributed by atoms with Crippen LogP contribution in [0, 0.1) is 0 Å². The third kappa shape index (κ3) is 6.70. The standard InChI is InChI=1S/C21H22N2O4/c1-3-4-5-13-20(24)22-16-9-8-10-17(14-16)23-21(25)15-27-19-12-7-6-11-18(19)26-2/h3-14H,15H2,1-2H3,(H,22,24)(H,23,25)/b4-3+,13-5+. The van der Waals surface area contributed by atoms with Crippen molar-refractivity contribution in [3.63, 3.8) is 0 Å². The number of methoxy groups -OCH3 is 1. The molecule has 0 aromatic heterocycles. The van der Waals surface area contributed by atoms with Gasteiger partial charge in [-0.25, -0.2) is 0 Å². The highest BCUT2D eigenvalue weighted by Crippen LogP contribution is 2.25. The van der Waals surface area contributed by atoms with Crippen molar-refractivity contribution in [1.29, 1.82) is 0 Å². The lowest BCUT2D eigenvalue weighted by atomic mass is 10.2. The van der Waals surface area contributed by atoms with Crippen LogP contribution in [0.3, 0.4) is 0 Å². The molecule has 2 aromatic carbocycles. The fourth-order valence-corrected chi connectivity index (χ4v) is 2.19. The Morgan fingerprint density at radius 1 is 0.963 bits per heavy atom. The first-order chi connectivity index (χ1) is 13.1. The molecule has 2 N–H and O–H groups in total. The number of ether oxygens (including phenoxy) is 2. The van der Waals surface area contributed by atoms with Gasteiger partial charge >= 0.3 is 0 Å². The Hall–Kier alpha value is -3.54. The van der Waals surface area contributed by atoms with E-state index in [9.17, 15) is 9.59 Å². The van der Waals surface area contributed by atoms with Crippen molar-refractivity contribution in [1.82, 2.24) is 0 Å². The van der Waals surface area contributed by atoms with Gasteiger partial charge in [-0.15, -0.1) is 0 Å². The van der Waals surface area contributed by atoms with Gasteiger partial charge in [0, 0.05) is 17.5 Å². The average molecular weight is 366 g/mol. The van der Waals surface area contributed by atoms with E-state index >= 15 is 0 Å². The van der Waals surface area contributed by atoms with Gasteiger partial charge in [-0.1, -0.05) is 36.4 Å². The monoisotopic (exact) mass is 366 g/mol. The van der Waals surface area contributed by atoms with Crippen LogP contribution >= 0.6 is 0 Å². The smallest absolute Gasteiger partial charge is 0.262 e. The van der Waals surface area contributed by atoms with E-state index in [0.29, 0.717) is 22.9 Å². The number of anilines is 2. The number of allylic oxidation sites excluding steroid dienone is 3. The Bertz CT molecular complexity index is 844. The highest BCUT2D eigenvalue weighted by Gasteiger charge is 2.08. The molecule has 0 aliphatic heterocycles. The molecule has 0 aliphatic carbocycles. The first kappa shape index (κ1) is 19.8. The number of nitrogens with one attached hydrogen (secondary N) is 2. The van der Waals surface area contributed by atoms with E-state index < -0.39 is 0 Å². The maximum absolute atomic E-state index is 12.1. The molecule has 0 saturated carbocycles. The molecular formula is C21H22N2O4. The summed E-state index contributed by atoms with van der Waals surface area (Å²) in [5, 5.41) is 5.46. The molecule has 6 heteroatoms. The minimum Gasteiger partial charge on any atom is -0.493 e. The third-order valence-electron chi connectivity index (χ3n) is 3.39. The molecule has 0 spiro atoms. The summed E-state index contributed by atoms with van der Waals surface area (Å²) in [5.74, 6) is 0.471. The highest BCUT2D eigenvalue weighted by atomic mass is 16.5. The SMILES string of the molecule is C/C=C/C=C/C(=O)Nc1cccc(NC(=O)COc2ccccc2OC)c1. The first-order valence-corrected chi connectivity index (χ1v) is 8.38. The second-order valence-corrected chi connectivity index (χ2v) is 5.44. The molecule has 0 radical (unpaired) electrons. The molecule has 0 atom stereocenters. The van der Waals surface area contributed by atoms with Crippen LogP contribution in [0.15, 0.2) is 72.8 Å². The van der Waals surface area contributed by atoms with Crippen LogP contribution in [0.1, 0.15) is 6.92 Å². The Kier molecular flexibility index (Phi) is 7.66. The number of para-hydroxylation sites is 2. The minimum atomic E-state index is -0.322. The number of benzene rings is 2. The molecule has 0 saturated heterocycles. The van der Waals surface area contributed by atoms with E-state index in [-0.39, 0.29) is 18.4 Å². The fourth-order valence-electron chi connectivity index (χ4n) is 2.19. The molecule has 0 heterocycles. The molecule has 2 rings (SSSR count). The maximum atomic E-state index is 12.1. The van der Waals surface area contributed by atoms with Crippen molar-refractivity contribution >= 4 is 23.2 Å². The van der Waals surface area contributed by atoms with Gasteiger partial charge in [-0.2, -0.15) is 0 Å². The number of rotatable bonds is 8. The maximum Gasteiger partial charge on any atom is 0.262 e. The van der Waals surface area contributed by atoms with Crippen LogP contribution in [0.2, 0.25) is 0 Å². The Balaban J connectivity index is 1.91. The van der Waals surface area contributed by atoms with Crippen LogP contribution in [0.4, 0.5) is 11.4 Å². The summed E-state index contributed by atoms with van der Waals surface area (Å²) in [6.45, 7) is 1.70. The van der Waals surface area contributed by atoms with Crippen molar-refractivity contribution in [2.75, 3.05) is 24.4 Å². The van der Waals surface area contributed by atoms with Gasteiger partial charge in [0.1, 0.15) is 0 Å². The van der Waals surface area contributed by atoms with Crippen LogP contribution in [0.5, 0.6) is 11.5 Å². The molecule has 6 nitrogen and oxygen atoms in total. The van der Waals surface area contributed by atoms with Crippen LogP contribution in [-0.4, -0.2) is 25.5 Å². The van der Waals surface area contributed by atoms with Crippen LogP contribution < -0.4 is 20.1 Å². The van der Waals surface area contributed by atoms with Gasteiger partial charge in [0.05, 0.1) is 7.11 Å². The lowest BCUT2D eigenvalue weighted by molar-refractivity contribution is -0.118. The molecule has 0 unspecified atom stereocenters. The lowest BCUT2D eigenvalue weighted by Gasteiger charge is -2.11. The quantitative estimate of drug-likeness (QED) is 0.551. The van der Waals surface area contributed by atoms with Crippen molar-refractivity contribution in [2.24, 2.45) is 0 Å².